The lowest BCUT2D eigenvalue weighted by Crippen LogP contribution is -2.28. The van der Waals surface area contributed by atoms with Gasteiger partial charge in [-0.05, 0) is 13.3 Å². The fourth-order valence-electron chi connectivity index (χ4n) is 1.32. The number of hydrogen-bond acceptors (Lipinski definition) is 2. The lowest BCUT2D eigenvalue weighted by molar-refractivity contribution is -0.128. The Morgan fingerprint density at radius 2 is 2.36 bits per heavy atom. The molecule has 60 valence electrons. The fourth-order valence-corrected chi connectivity index (χ4v) is 1.32. The van der Waals surface area contributed by atoms with Crippen LogP contribution in [0.5, 0.6) is 0 Å². The van der Waals surface area contributed by atoms with Crippen LogP contribution in [0.15, 0.2) is 0 Å². The molecule has 0 aromatic heterocycles. The van der Waals surface area contributed by atoms with Gasteiger partial charge in [0.2, 0.25) is 5.91 Å². The van der Waals surface area contributed by atoms with Crippen molar-refractivity contribution in [1.82, 2.24) is 4.90 Å². The largest absolute Gasteiger partial charge is 0.341 e. The zero-order valence-corrected chi connectivity index (χ0v) is 6.92. The predicted molar refractivity (Wildman–Crippen MR) is 40.6 cm³/mol. The van der Waals surface area contributed by atoms with Crippen LogP contribution in [0, 0.1) is 16.7 Å². The van der Waals surface area contributed by atoms with Gasteiger partial charge in [-0.15, -0.1) is 0 Å². The number of likely N-dealkylation sites (tertiary alicyclic amines) is 1. The van der Waals surface area contributed by atoms with Crippen LogP contribution in [0.25, 0.3) is 0 Å². The molecule has 0 aromatic rings. The Morgan fingerprint density at radius 3 is 2.64 bits per heavy atom. The van der Waals surface area contributed by atoms with Crippen LogP contribution in [0.3, 0.4) is 0 Å². The Hall–Kier alpha value is -1.04. The van der Waals surface area contributed by atoms with Crippen molar-refractivity contribution in [2.45, 2.75) is 20.3 Å². The molecule has 1 fully saturated rings. The highest BCUT2D eigenvalue weighted by atomic mass is 16.2. The van der Waals surface area contributed by atoms with Crippen molar-refractivity contribution in [3.63, 3.8) is 0 Å². The summed E-state index contributed by atoms with van der Waals surface area (Å²) in [6.07, 6.45) is 0.809. The van der Waals surface area contributed by atoms with Gasteiger partial charge >= 0.3 is 0 Å². The minimum atomic E-state index is -0.300. The highest BCUT2D eigenvalue weighted by Gasteiger charge is 2.34. The molecule has 0 saturated carbocycles. The second-order valence-corrected chi connectivity index (χ2v) is 3.36. The number of hydrogen-bond donors (Lipinski definition) is 0. The molecule has 1 aliphatic rings. The van der Waals surface area contributed by atoms with Crippen LogP contribution < -0.4 is 0 Å². The summed E-state index contributed by atoms with van der Waals surface area (Å²) in [7, 11) is 0. The van der Waals surface area contributed by atoms with Crippen molar-refractivity contribution >= 4 is 5.91 Å². The molecule has 0 aromatic carbocycles. The van der Waals surface area contributed by atoms with Crippen LogP contribution in [0.1, 0.15) is 20.3 Å². The van der Waals surface area contributed by atoms with E-state index in [1.54, 1.807) is 11.8 Å². The van der Waals surface area contributed by atoms with Crippen molar-refractivity contribution < 1.29 is 4.79 Å². The third-order valence-electron chi connectivity index (χ3n) is 2.19. The third-order valence-corrected chi connectivity index (χ3v) is 2.19. The Bertz CT molecular complexity index is 219. The van der Waals surface area contributed by atoms with Gasteiger partial charge in [0, 0.05) is 20.0 Å². The Kier molecular flexibility index (Phi) is 1.86. The van der Waals surface area contributed by atoms with E-state index in [0.29, 0.717) is 6.54 Å². The van der Waals surface area contributed by atoms with Gasteiger partial charge in [-0.2, -0.15) is 5.26 Å². The van der Waals surface area contributed by atoms with Gasteiger partial charge in [0.1, 0.15) is 0 Å². The van der Waals surface area contributed by atoms with Gasteiger partial charge in [-0.25, -0.2) is 0 Å². The Morgan fingerprint density at radius 1 is 1.73 bits per heavy atom. The second-order valence-electron chi connectivity index (χ2n) is 3.36. The lowest BCUT2D eigenvalue weighted by Gasteiger charge is -2.15. The molecule has 1 aliphatic heterocycles. The first-order chi connectivity index (χ1) is 5.07. The Balaban J connectivity index is 2.62. The van der Waals surface area contributed by atoms with Crippen molar-refractivity contribution in [3.8, 4) is 6.07 Å². The molecule has 1 saturated heterocycles. The predicted octanol–water partition coefficient (Wildman–Crippen LogP) is 0.768. The van der Waals surface area contributed by atoms with E-state index in [1.165, 1.54) is 0 Å². The van der Waals surface area contributed by atoms with Crippen molar-refractivity contribution in [1.29, 1.82) is 5.26 Å². The average molecular weight is 152 g/mol. The van der Waals surface area contributed by atoms with Gasteiger partial charge in [0.15, 0.2) is 0 Å². The summed E-state index contributed by atoms with van der Waals surface area (Å²) in [5, 5.41) is 8.74. The molecule has 0 spiro atoms. The van der Waals surface area contributed by atoms with Crippen LogP contribution in [0.2, 0.25) is 0 Å². The van der Waals surface area contributed by atoms with Crippen molar-refractivity contribution in [3.05, 3.63) is 0 Å². The molecule has 3 nitrogen and oxygen atoms in total. The highest BCUT2D eigenvalue weighted by molar-refractivity contribution is 5.73. The number of carbonyl (C=O) groups excluding carboxylic acids is 1. The Labute approximate surface area is 66.6 Å². The minimum absolute atomic E-state index is 0.0731. The van der Waals surface area contributed by atoms with E-state index in [-0.39, 0.29) is 11.3 Å². The lowest BCUT2D eigenvalue weighted by atomic mass is 9.92. The van der Waals surface area contributed by atoms with E-state index in [1.807, 2.05) is 6.92 Å². The summed E-state index contributed by atoms with van der Waals surface area (Å²) < 4.78 is 0. The number of nitrogens with zero attached hydrogens (tertiary/aromatic N) is 2. The summed E-state index contributed by atoms with van der Waals surface area (Å²) in [5.74, 6) is 0.0731. The monoisotopic (exact) mass is 152 g/mol. The van der Waals surface area contributed by atoms with Crippen LogP contribution in [-0.4, -0.2) is 23.9 Å². The fraction of sp³-hybridized carbons (Fsp3) is 0.750. The summed E-state index contributed by atoms with van der Waals surface area (Å²) in [4.78, 5) is 12.6. The van der Waals surface area contributed by atoms with Crippen LogP contribution in [-0.2, 0) is 4.79 Å². The smallest absolute Gasteiger partial charge is 0.219 e. The number of carbonyl (C=O) groups is 1. The van der Waals surface area contributed by atoms with E-state index in [4.69, 9.17) is 5.26 Å². The first-order valence-corrected chi connectivity index (χ1v) is 3.74. The first kappa shape index (κ1) is 8.06. The van der Waals surface area contributed by atoms with Crippen LogP contribution in [0.4, 0.5) is 0 Å². The maximum absolute atomic E-state index is 10.9. The summed E-state index contributed by atoms with van der Waals surface area (Å²) >= 11 is 0. The molecular formula is C8H12N2O. The molecule has 1 unspecified atom stereocenters. The van der Waals surface area contributed by atoms with Crippen molar-refractivity contribution in [2.24, 2.45) is 5.41 Å². The molecule has 1 heterocycles. The second kappa shape index (κ2) is 2.54. The minimum Gasteiger partial charge on any atom is -0.341 e. The van der Waals surface area contributed by atoms with Gasteiger partial charge < -0.3 is 4.90 Å². The highest BCUT2D eigenvalue weighted by Crippen LogP contribution is 2.28. The van der Waals surface area contributed by atoms with Crippen molar-refractivity contribution in [2.75, 3.05) is 13.1 Å². The van der Waals surface area contributed by atoms with E-state index in [9.17, 15) is 4.79 Å². The zero-order chi connectivity index (χ0) is 8.48. The quantitative estimate of drug-likeness (QED) is 0.514. The summed E-state index contributed by atoms with van der Waals surface area (Å²) in [6.45, 7) is 4.78. The van der Waals surface area contributed by atoms with Crippen LogP contribution >= 0.6 is 0 Å². The SMILES string of the molecule is CC(=O)N1CCC(C)(C#N)C1. The van der Waals surface area contributed by atoms with E-state index < -0.39 is 0 Å². The maximum atomic E-state index is 10.9. The summed E-state index contributed by atoms with van der Waals surface area (Å²) in [5.41, 5.74) is -0.300. The van der Waals surface area contributed by atoms with Gasteiger partial charge in [0.05, 0.1) is 11.5 Å². The summed E-state index contributed by atoms with van der Waals surface area (Å²) in [6, 6.07) is 2.23. The normalized spacial score (nSPS) is 30.1. The molecule has 0 N–H and O–H groups in total. The molecule has 1 amide bonds. The zero-order valence-electron chi connectivity index (χ0n) is 6.92. The van der Waals surface area contributed by atoms with Gasteiger partial charge in [-0.3, -0.25) is 4.79 Å². The molecular weight excluding hydrogens is 140 g/mol. The van der Waals surface area contributed by atoms with E-state index >= 15 is 0 Å². The number of amides is 1. The van der Waals surface area contributed by atoms with Gasteiger partial charge in [0.25, 0.3) is 0 Å². The first-order valence-electron chi connectivity index (χ1n) is 3.74. The number of rotatable bonds is 0. The average Bonchev–Trinajstić information content (AvgIpc) is 2.33. The van der Waals surface area contributed by atoms with Gasteiger partial charge in [-0.1, -0.05) is 0 Å². The topological polar surface area (TPSA) is 44.1 Å². The third kappa shape index (κ3) is 1.51. The molecule has 0 aliphatic carbocycles. The van der Waals surface area contributed by atoms with E-state index in [0.717, 1.165) is 13.0 Å². The van der Waals surface area contributed by atoms with E-state index in [2.05, 4.69) is 6.07 Å². The maximum Gasteiger partial charge on any atom is 0.219 e. The number of nitriles is 1. The molecule has 1 rings (SSSR count). The molecule has 0 bridgehead atoms. The molecule has 3 heteroatoms. The molecule has 11 heavy (non-hydrogen) atoms. The molecule has 0 radical (unpaired) electrons. The standard InChI is InChI=1S/C8H12N2O/c1-7(11)10-4-3-8(2,5-9)6-10/h3-4,6H2,1-2H3. The molecule has 1 atom stereocenters.